The molecule has 5 nitrogen and oxygen atoms in total. The number of carbonyl (C=O) groups excluding carboxylic acids is 1. The normalized spacial score (nSPS) is 13.7. The minimum atomic E-state index is -4.45. The largest absolute Gasteiger partial charge is 0.489 e. The van der Waals surface area contributed by atoms with Gasteiger partial charge in [0, 0.05) is 35.3 Å². The highest BCUT2D eigenvalue weighted by Crippen LogP contribution is 2.42. The Morgan fingerprint density at radius 1 is 1.21 bits per heavy atom. The Morgan fingerprint density at radius 2 is 2.00 bits per heavy atom. The number of alkyl halides is 3. The third-order valence-corrected chi connectivity index (χ3v) is 5.88. The molecule has 1 aliphatic carbocycles. The van der Waals surface area contributed by atoms with Gasteiger partial charge in [-0.3, -0.25) is 9.48 Å². The second-order valence-corrected chi connectivity index (χ2v) is 8.89. The molecule has 1 heterocycles. The number of nitrogens with one attached hydrogen (secondary N) is 1. The number of hydrogen-bond donors (Lipinski definition) is 1. The first kappa shape index (κ1) is 24.1. The zero-order valence-corrected chi connectivity index (χ0v) is 19.4. The van der Waals surface area contributed by atoms with Crippen molar-refractivity contribution >= 4 is 17.5 Å². The number of hydrogen-bond acceptors (Lipinski definition) is 3. The summed E-state index contributed by atoms with van der Waals surface area (Å²) in [6.45, 7) is 2.85. The maximum absolute atomic E-state index is 13.0. The molecule has 0 unspecified atom stereocenters. The van der Waals surface area contributed by atoms with Gasteiger partial charge in [0.2, 0.25) is 0 Å². The van der Waals surface area contributed by atoms with Gasteiger partial charge in [0.25, 0.3) is 5.91 Å². The summed E-state index contributed by atoms with van der Waals surface area (Å²) in [5, 5.41) is 7.21. The van der Waals surface area contributed by atoms with Crippen molar-refractivity contribution in [2.75, 3.05) is 6.54 Å². The zero-order valence-electron chi connectivity index (χ0n) is 18.7. The van der Waals surface area contributed by atoms with E-state index in [4.69, 9.17) is 16.3 Å². The lowest BCUT2D eigenvalue weighted by Gasteiger charge is -2.11. The summed E-state index contributed by atoms with van der Waals surface area (Å²) in [6.07, 6.45) is -2.21. The smallest absolute Gasteiger partial charge is 0.435 e. The molecule has 0 saturated heterocycles. The van der Waals surface area contributed by atoms with Gasteiger partial charge in [-0.15, -0.1) is 0 Å². The van der Waals surface area contributed by atoms with Crippen molar-refractivity contribution in [1.82, 2.24) is 15.1 Å². The Morgan fingerprint density at radius 3 is 2.71 bits per heavy atom. The van der Waals surface area contributed by atoms with Gasteiger partial charge < -0.3 is 10.1 Å². The van der Waals surface area contributed by atoms with E-state index in [1.54, 1.807) is 30.3 Å². The van der Waals surface area contributed by atoms with Crippen LogP contribution in [-0.2, 0) is 19.3 Å². The third-order valence-electron chi connectivity index (χ3n) is 5.65. The second kappa shape index (κ2) is 10.1. The summed E-state index contributed by atoms with van der Waals surface area (Å²) in [5.41, 5.74) is 2.03. The van der Waals surface area contributed by atoms with E-state index in [0.717, 1.165) is 35.8 Å². The van der Waals surface area contributed by atoms with E-state index >= 15 is 0 Å². The Kier molecular flexibility index (Phi) is 7.16. The number of nitrogens with zero attached hydrogens (tertiary/aromatic N) is 2. The van der Waals surface area contributed by atoms with Crippen LogP contribution in [0.3, 0.4) is 0 Å². The van der Waals surface area contributed by atoms with E-state index in [1.807, 2.05) is 19.1 Å². The van der Waals surface area contributed by atoms with Crippen molar-refractivity contribution in [3.8, 4) is 5.75 Å². The molecule has 1 aliphatic rings. The van der Waals surface area contributed by atoms with Crippen LogP contribution in [0.15, 0.2) is 48.5 Å². The molecular weight excluding hydrogens is 467 g/mol. The van der Waals surface area contributed by atoms with Crippen LogP contribution in [0.5, 0.6) is 5.75 Å². The summed E-state index contributed by atoms with van der Waals surface area (Å²) in [4.78, 5) is 12.6. The molecule has 1 saturated carbocycles. The highest BCUT2D eigenvalue weighted by Gasteiger charge is 2.37. The van der Waals surface area contributed by atoms with Gasteiger partial charge in [-0.2, -0.15) is 18.3 Å². The topological polar surface area (TPSA) is 56.1 Å². The Labute approximate surface area is 200 Å². The first-order valence-electron chi connectivity index (χ1n) is 11.1. The number of rotatable bonds is 9. The number of aryl methyl sites for hydroxylation is 2. The lowest BCUT2D eigenvalue weighted by atomic mass is 10.1. The molecule has 0 spiro atoms. The zero-order chi connectivity index (χ0) is 24.3. The van der Waals surface area contributed by atoms with Crippen LogP contribution < -0.4 is 10.1 Å². The average Bonchev–Trinajstić information content (AvgIpc) is 3.54. The third kappa shape index (κ3) is 6.11. The highest BCUT2D eigenvalue weighted by atomic mass is 35.5. The van der Waals surface area contributed by atoms with Crippen LogP contribution >= 0.6 is 11.6 Å². The van der Waals surface area contributed by atoms with Crippen molar-refractivity contribution in [2.24, 2.45) is 0 Å². The van der Waals surface area contributed by atoms with Crippen molar-refractivity contribution in [3.05, 3.63) is 81.6 Å². The van der Waals surface area contributed by atoms with Crippen LogP contribution in [0.1, 0.15) is 58.1 Å². The molecule has 180 valence electrons. The maximum atomic E-state index is 13.0. The van der Waals surface area contributed by atoms with Crippen molar-refractivity contribution in [2.45, 2.75) is 51.4 Å². The molecule has 4 rings (SSSR count). The van der Waals surface area contributed by atoms with Crippen molar-refractivity contribution in [1.29, 1.82) is 0 Å². The van der Waals surface area contributed by atoms with Gasteiger partial charge in [-0.1, -0.05) is 23.7 Å². The highest BCUT2D eigenvalue weighted by molar-refractivity contribution is 6.30. The molecule has 9 heteroatoms. The summed E-state index contributed by atoms with van der Waals surface area (Å²) in [7, 11) is 0. The molecule has 1 fully saturated rings. The number of halogens is 4. The lowest BCUT2D eigenvalue weighted by Crippen LogP contribution is -2.25. The summed E-state index contributed by atoms with van der Waals surface area (Å²) < 4.78 is 46.3. The summed E-state index contributed by atoms with van der Waals surface area (Å²) in [6, 6.07) is 13.7. The molecule has 1 N–H and O–H groups in total. The summed E-state index contributed by atoms with van der Waals surface area (Å²) in [5.74, 6) is 0.625. The number of aromatic nitrogens is 2. The summed E-state index contributed by atoms with van der Waals surface area (Å²) >= 11 is 5.97. The minimum absolute atomic E-state index is 0.153. The fourth-order valence-corrected chi connectivity index (χ4v) is 3.95. The Hall–Kier alpha value is -3.00. The number of benzene rings is 2. The van der Waals surface area contributed by atoms with Crippen molar-refractivity contribution in [3.63, 3.8) is 0 Å². The molecule has 3 aromatic rings. The SMILES string of the molecule is Cc1cc(Cl)ccc1OCc1cccc(C(=O)NCCCn2nc(C(F)(F)F)cc2C2CC2)c1. The molecule has 1 aromatic heterocycles. The number of carbonyl (C=O) groups is 1. The molecule has 1 amide bonds. The van der Waals surface area contributed by atoms with Gasteiger partial charge in [-0.05, 0) is 73.7 Å². The second-order valence-electron chi connectivity index (χ2n) is 8.46. The molecular formula is C25H25ClF3N3O2. The van der Waals surface area contributed by atoms with E-state index in [1.165, 1.54) is 4.68 Å². The predicted octanol–water partition coefficient (Wildman–Crippen LogP) is 6.14. The standard InChI is InChI=1S/C25H25ClF3N3O2/c1-16-12-20(26)8-9-22(16)34-15-17-4-2-5-19(13-17)24(33)30-10-3-11-32-21(18-6-7-18)14-23(31-32)25(27,28)29/h2,4-5,8-9,12-14,18H,3,6-7,10-11,15H2,1H3,(H,30,33). The first-order valence-corrected chi connectivity index (χ1v) is 11.5. The number of ether oxygens (including phenoxy) is 1. The van der Waals surface area contributed by atoms with Crippen LogP contribution in [0, 0.1) is 6.92 Å². The van der Waals surface area contributed by atoms with E-state index in [0.29, 0.717) is 42.4 Å². The van der Waals surface area contributed by atoms with Gasteiger partial charge in [0.15, 0.2) is 5.69 Å². The van der Waals surface area contributed by atoms with Crippen molar-refractivity contribution < 1.29 is 22.7 Å². The molecule has 0 radical (unpaired) electrons. The van der Waals surface area contributed by atoms with Gasteiger partial charge in [-0.25, -0.2) is 0 Å². The van der Waals surface area contributed by atoms with Gasteiger partial charge in [0.05, 0.1) is 0 Å². The molecule has 34 heavy (non-hydrogen) atoms. The van der Waals surface area contributed by atoms with Gasteiger partial charge in [0.1, 0.15) is 12.4 Å². The van der Waals surface area contributed by atoms with Crippen LogP contribution in [0.25, 0.3) is 0 Å². The van der Waals surface area contributed by atoms with Gasteiger partial charge >= 0.3 is 6.18 Å². The fourth-order valence-electron chi connectivity index (χ4n) is 3.73. The lowest BCUT2D eigenvalue weighted by molar-refractivity contribution is -0.141. The van der Waals surface area contributed by atoms with E-state index in [2.05, 4.69) is 10.4 Å². The number of amides is 1. The average molecular weight is 492 g/mol. The van der Waals surface area contributed by atoms with E-state index < -0.39 is 11.9 Å². The Bertz CT molecular complexity index is 1170. The van der Waals surface area contributed by atoms with Crippen LogP contribution in [0.4, 0.5) is 13.2 Å². The van der Waals surface area contributed by atoms with Crippen LogP contribution in [0.2, 0.25) is 5.02 Å². The molecule has 2 aromatic carbocycles. The quantitative estimate of drug-likeness (QED) is 0.366. The predicted molar refractivity (Wildman–Crippen MR) is 123 cm³/mol. The minimum Gasteiger partial charge on any atom is -0.489 e. The van der Waals surface area contributed by atoms with E-state index in [9.17, 15) is 18.0 Å². The first-order chi connectivity index (χ1) is 16.2. The molecule has 0 bridgehead atoms. The maximum Gasteiger partial charge on any atom is 0.435 e. The molecule has 0 atom stereocenters. The Balaban J connectivity index is 1.29. The molecule has 0 aliphatic heterocycles. The monoisotopic (exact) mass is 491 g/mol. The fraction of sp³-hybridized carbons (Fsp3) is 0.360. The van der Waals surface area contributed by atoms with Crippen LogP contribution in [-0.4, -0.2) is 22.2 Å². The van der Waals surface area contributed by atoms with E-state index in [-0.39, 0.29) is 11.8 Å².